The van der Waals surface area contributed by atoms with Crippen molar-refractivity contribution in [2.45, 2.75) is 58.0 Å². The van der Waals surface area contributed by atoms with Gasteiger partial charge in [0.25, 0.3) is 0 Å². The molecule has 0 fully saturated rings. The minimum absolute atomic E-state index is 0.00944. The molecule has 0 bridgehead atoms. The summed E-state index contributed by atoms with van der Waals surface area (Å²) in [6, 6.07) is 5.71. The molecular weight excluding hydrogens is 318 g/mol. The first-order chi connectivity index (χ1) is 11.1. The van der Waals surface area contributed by atoms with E-state index in [4.69, 9.17) is 13.9 Å². The van der Waals surface area contributed by atoms with Gasteiger partial charge in [0.1, 0.15) is 11.5 Å². The van der Waals surface area contributed by atoms with Gasteiger partial charge in [-0.15, -0.1) is 6.58 Å². The number of hydrogen-bond acceptors (Lipinski definition) is 4. The Kier molecular flexibility index (Phi) is 6.93. The summed E-state index contributed by atoms with van der Waals surface area (Å²) < 4.78 is 17.2. The lowest BCUT2D eigenvalue weighted by Gasteiger charge is -2.40. The van der Waals surface area contributed by atoms with Crippen LogP contribution in [0.25, 0.3) is 0 Å². The molecule has 0 heterocycles. The number of benzene rings is 1. The molecule has 0 saturated carbocycles. The fraction of sp³-hybridized carbons (Fsp3) is 0.579. The van der Waals surface area contributed by atoms with Gasteiger partial charge in [-0.25, -0.2) is 0 Å². The van der Waals surface area contributed by atoms with Crippen LogP contribution in [0.5, 0.6) is 11.5 Å². The summed E-state index contributed by atoms with van der Waals surface area (Å²) in [5.41, 5.74) is 0.897. The molecule has 0 aliphatic rings. The van der Waals surface area contributed by atoms with E-state index in [-0.39, 0.29) is 17.2 Å². The fourth-order valence-corrected chi connectivity index (χ4v) is 3.61. The third kappa shape index (κ3) is 5.01. The number of hydrogen-bond donors (Lipinski definition) is 1. The van der Waals surface area contributed by atoms with Gasteiger partial charge in [0.05, 0.1) is 32.1 Å². The zero-order valence-electron chi connectivity index (χ0n) is 16.4. The van der Waals surface area contributed by atoms with Crippen molar-refractivity contribution in [1.29, 1.82) is 0 Å². The van der Waals surface area contributed by atoms with Gasteiger partial charge >= 0.3 is 0 Å². The van der Waals surface area contributed by atoms with Crippen LogP contribution in [0.3, 0.4) is 0 Å². The van der Waals surface area contributed by atoms with Crippen LogP contribution in [-0.2, 0) is 4.43 Å². The zero-order valence-corrected chi connectivity index (χ0v) is 17.4. The summed E-state index contributed by atoms with van der Waals surface area (Å²) in [5.74, 6) is 1.50. The van der Waals surface area contributed by atoms with Gasteiger partial charge in [-0.1, -0.05) is 26.8 Å². The van der Waals surface area contributed by atoms with Gasteiger partial charge in [0.2, 0.25) is 0 Å². The maximum atomic E-state index is 6.49. The van der Waals surface area contributed by atoms with Gasteiger partial charge in [-0.05, 0) is 37.2 Å². The molecule has 4 nitrogen and oxygen atoms in total. The SMILES string of the molecule is C=C[C@@H](Nc1ccc(OC)cc1OC)[C@H](C)O[Si](C)(C)C(C)(C)C. The molecule has 0 aromatic heterocycles. The normalized spacial score (nSPS) is 14.7. The Bertz CT molecular complexity index is 552. The number of ether oxygens (including phenoxy) is 2. The molecule has 24 heavy (non-hydrogen) atoms. The number of anilines is 1. The van der Waals surface area contributed by atoms with Crippen molar-refractivity contribution < 1.29 is 13.9 Å². The predicted molar refractivity (Wildman–Crippen MR) is 105 cm³/mol. The molecule has 1 aromatic rings. The van der Waals surface area contributed by atoms with E-state index >= 15 is 0 Å². The highest BCUT2D eigenvalue weighted by molar-refractivity contribution is 6.74. The van der Waals surface area contributed by atoms with Crippen molar-refractivity contribution in [2.24, 2.45) is 0 Å². The van der Waals surface area contributed by atoms with E-state index in [0.717, 1.165) is 17.2 Å². The topological polar surface area (TPSA) is 39.7 Å². The smallest absolute Gasteiger partial charge is 0.192 e. The van der Waals surface area contributed by atoms with Crippen LogP contribution in [-0.4, -0.2) is 34.7 Å². The molecule has 5 heteroatoms. The van der Waals surface area contributed by atoms with Crippen molar-refractivity contribution >= 4 is 14.0 Å². The monoisotopic (exact) mass is 351 g/mol. The van der Waals surface area contributed by atoms with Crippen molar-refractivity contribution in [3.63, 3.8) is 0 Å². The minimum Gasteiger partial charge on any atom is -0.497 e. The van der Waals surface area contributed by atoms with Crippen LogP contribution in [0.1, 0.15) is 27.7 Å². The average Bonchev–Trinajstić information content (AvgIpc) is 2.50. The summed E-state index contributed by atoms with van der Waals surface area (Å²) in [6.07, 6.45) is 1.90. The minimum atomic E-state index is -1.84. The summed E-state index contributed by atoms with van der Waals surface area (Å²) in [7, 11) is 1.45. The molecule has 1 rings (SSSR count). The number of rotatable bonds is 8. The Balaban J connectivity index is 2.93. The molecule has 0 amide bonds. The molecule has 0 saturated heterocycles. The van der Waals surface area contributed by atoms with Crippen LogP contribution >= 0.6 is 0 Å². The summed E-state index contributed by atoms with van der Waals surface area (Å²) in [5, 5.41) is 3.64. The largest absolute Gasteiger partial charge is 0.497 e. The van der Waals surface area contributed by atoms with E-state index in [9.17, 15) is 0 Å². The quantitative estimate of drug-likeness (QED) is 0.524. The van der Waals surface area contributed by atoms with E-state index in [1.807, 2.05) is 24.3 Å². The standard InChI is InChI=1S/C19H33NO3Si/c1-10-16(14(2)23-24(8,9)19(3,4)5)20-17-12-11-15(21-6)13-18(17)22-7/h10-14,16,20H,1H2,2-9H3/t14-,16+/m0/s1. The Labute approximate surface area is 148 Å². The van der Waals surface area contributed by atoms with E-state index in [1.165, 1.54) is 0 Å². The van der Waals surface area contributed by atoms with Crippen molar-refractivity contribution in [3.05, 3.63) is 30.9 Å². The lowest BCUT2D eigenvalue weighted by Crippen LogP contribution is -2.47. The van der Waals surface area contributed by atoms with Crippen LogP contribution in [0, 0.1) is 0 Å². The van der Waals surface area contributed by atoms with Crippen molar-refractivity contribution in [3.8, 4) is 11.5 Å². The van der Waals surface area contributed by atoms with E-state index in [1.54, 1.807) is 14.2 Å². The van der Waals surface area contributed by atoms with E-state index in [2.05, 4.69) is 52.7 Å². The molecule has 0 aliphatic carbocycles. The number of methoxy groups -OCH3 is 2. The van der Waals surface area contributed by atoms with Crippen LogP contribution in [0.4, 0.5) is 5.69 Å². The highest BCUT2D eigenvalue weighted by Gasteiger charge is 2.39. The number of nitrogens with one attached hydrogen (secondary N) is 1. The van der Waals surface area contributed by atoms with Gasteiger partial charge in [-0.3, -0.25) is 0 Å². The predicted octanol–water partition coefficient (Wildman–Crippen LogP) is 5.08. The maximum Gasteiger partial charge on any atom is 0.192 e. The third-order valence-electron chi connectivity index (χ3n) is 4.78. The Hall–Kier alpha value is -1.46. The third-order valence-corrected chi connectivity index (χ3v) is 9.35. The molecule has 0 unspecified atom stereocenters. The van der Waals surface area contributed by atoms with Crippen LogP contribution in [0.2, 0.25) is 18.1 Å². The molecule has 136 valence electrons. The average molecular weight is 352 g/mol. The lowest BCUT2D eigenvalue weighted by molar-refractivity contribution is 0.191. The van der Waals surface area contributed by atoms with Crippen molar-refractivity contribution in [1.82, 2.24) is 0 Å². The Morgan fingerprint density at radius 2 is 1.79 bits per heavy atom. The van der Waals surface area contributed by atoms with Gasteiger partial charge in [-0.2, -0.15) is 0 Å². The first-order valence-electron chi connectivity index (χ1n) is 8.34. The van der Waals surface area contributed by atoms with Crippen molar-refractivity contribution in [2.75, 3.05) is 19.5 Å². The second-order valence-electron chi connectivity index (χ2n) is 7.56. The van der Waals surface area contributed by atoms with Gasteiger partial charge in [0.15, 0.2) is 8.32 Å². The highest BCUT2D eigenvalue weighted by atomic mass is 28.4. The molecule has 0 spiro atoms. The van der Waals surface area contributed by atoms with Gasteiger partial charge < -0.3 is 19.2 Å². The fourth-order valence-electron chi connectivity index (χ4n) is 2.18. The Morgan fingerprint density at radius 1 is 1.17 bits per heavy atom. The van der Waals surface area contributed by atoms with E-state index < -0.39 is 8.32 Å². The van der Waals surface area contributed by atoms with Crippen LogP contribution < -0.4 is 14.8 Å². The first kappa shape index (κ1) is 20.6. The van der Waals surface area contributed by atoms with Crippen LogP contribution in [0.15, 0.2) is 30.9 Å². The molecular formula is C19H33NO3Si. The summed E-state index contributed by atoms with van der Waals surface area (Å²) in [4.78, 5) is 0. The molecule has 1 aromatic carbocycles. The first-order valence-corrected chi connectivity index (χ1v) is 11.3. The summed E-state index contributed by atoms with van der Waals surface area (Å²) >= 11 is 0. The molecule has 1 N–H and O–H groups in total. The second kappa shape index (κ2) is 8.08. The Morgan fingerprint density at radius 3 is 2.25 bits per heavy atom. The second-order valence-corrected chi connectivity index (χ2v) is 12.3. The summed E-state index contributed by atoms with van der Waals surface area (Å²) in [6.45, 7) is 17.3. The molecule has 0 aliphatic heterocycles. The van der Waals surface area contributed by atoms with E-state index in [0.29, 0.717) is 0 Å². The maximum absolute atomic E-state index is 6.49. The van der Waals surface area contributed by atoms with Gasteiger partial charge in [0, 0.05) is 6.07 Å². The highest BCUT2D eigenvalue weighted by Crippen LogP contribution is 2.38. The lowest BCUT2D eigenvalue weighted by atomic mass is 10.1. The molecule has 2 atom stereocenters. The molecule has 0 radical (unpaired) electrons. The zero-order chi connectivity index (χ0) is 18.5.